The second-order valence-corrected chi connectivity index (χ2v) is 4.29. The van der Waals surface area contributed by atoms with Crippen molar-refractivity contribution in [3.8, 4) is 0 Å². The van der Waals surface area contributed by atoms with E-state index in [1.54, 1.807) is 12.1 Å². The van der Waals surface area contributed by atoms with Crippen LogP contribution < -0.4 is 5.32 Å². The normalized spacial score (nSPS) is 10.1. The molecule has 0 atom stereocenters. The quantitative estimate of drug-likeness (QED) is 0.837. The molecule has 0 heterocycles. The molecule has 0 unspecified atom stereocenters. The van der Waals surface area contributed by atoms with E-state index in [2.05, 4.69) is 5.32 Å². The number of anilines is 2. The zero-order chi connectivity index (χ0) is 14.7. The molecule has 0 fully saturated rings. The van der Waals surface area contributed by atoms with E-state index in [0.29, 0.717) is 11.4 Å². The van der Waals surface area contributed by atoms with Gasteiger partial charge in [-0.2, -0.15) is 0 Å². The van der Waals surface area contributed by atoms with Gasteiger partial charge in [0.05, 0.1) is 5.56 Å². The fourth-order valence-corrected chi connectivity index (χ4v) is 1.73. The van der Waals surface area contributed by atoms with Gasteiger partial charge in [0.1, 0.15) is 5.82 Å². The van der Waals surface area contributed by atoms with Gasteiger partial charge in [0.15, 0.2) is 5.78 Å². The SMILES string of the molecule is CC(=O)c1cc(F)cc(Nc2ccc(C(=O)O)cc2)c1. The third kappa shape index (κ3) is 3.20. The van der Waals surface area contributed by atoms with Gasteiger partial charge in [0, 0.05) is 16.9 Å². The van der Waals surface area contributed by atoms with E-state index in [4.69, 9.17) is 5.11 Å². The van der Waals surface area contributed by atoms with Gasteiger partial charge >= 0.3 is 5.97 Å². The smallest absolute Gasteiger partial charge is 0.335 e. The Morgan fingerprint density at radius 3 is 2.20 bits per heavy atom. The van der Waals surface area contributed by atoms with Crippen LogP contribution in [-0.4, -0.2) is 16.9 Å². The molecule has 2 N–H and O–H groups in total. The Hall–Kier alpha value is -2.69. The Labute approximate surface area is 114 Å². The molecule has 0 amide bonds. The van der Waals surface area contributed by atoms with Gasteiger partial charge in [-0.1, -0.05) is 0 Å². The van der Waals surface area contributed by atoms with E-state index in [1.165, 1.54) is 37.3 Å². The second-order valence-electron chi connectivity index (χ2n) is 4.29. The molecule has 0 radical (unpaired) electrons. The first kappa shape index (κ1) is 13.7. The van der Waals surface area contributed by atoms with Crippen LogP contribution in [0.4, 0.5) is 15.8 Å². The predicted octanol–water partition coefficient (Wildman–Crippen LogP) is 3.47. The van der Waals surface area contributed by atoms with Gasteiger partial charge < -0.3 is 10.4 Å². The molecule has 20 heavy (non-hydrogen) atoms. The largest absolute Gasteiger partial charge is 0.478 e. The number of halogens is 1. The zero-order valence-corrected chi connectivity index (χ0v) is 10.7. The molecule has 4 nitrogen and oxygen atoms in total. The van der Waals surface area contributed by atoms with Gasteiger partial charge in [-0.25, -0.2) is 9.18 Å². The third-order valence-electron chi connectivity index (χ3n) is 2.72. The number of benzene rings is 2. The molecule has 0 aliphatic rings. The molecule has 0 aromatic heterocycles. The Morgan fingerprint density at radius 1 is 1.00 bits per heavy atom. The molecule has 0 aliphatic carbocycles. The van der Waals surface area contributed by atoms with Crippen LogP contribution in [0.2, 0.25) is 0 Å². The van der Waals surface area contributed by atoms with Gasteiger partial charge in [0.2, 0.25) is 0 Å². The third-order valence-corrected chi connectivity index (χ3v) is 2.72. The number of carboxylic acid groups (broad SMARTS) is 1. The van der Waals surface area contributed by atoms with Crippen LogP contribution >= 0.6 is 0 Å². The maximum absolute atomic E-state index is 13.4. The van der Waals surface area contributed by atoms with Crippen molar-refractivity contribution in [2.24, 2.45) is 0 Å². The number of nitrogens with one attached hydrogen (secondary N) is 1. The van der Waals surface area contributed by atoms with Crippen LogP contribution in [-0.2, 0) is 0 Å². The van der Waals surface area contributed by atoms with Crippen molar-refractivity contribution < 1.29 is 19.1 Å². The van der Waals surface area contributed by atoms with Gasteiger partial charge in [-0.15, -0.1) is 0 Å². The lowest BCUT2D eigenvalue weighted by Crippen LogP contribution is -1.99. The molecule has 2 rings (SSSR count). The van der Waals surface area contributed by atoms with Crippen molar-refractivity contribution in [2.75, 3.05) is 5.32 Å². The van der Waals surface area contributed by atoms with Crippen LogP contribution in [0, 0.1) is 5.82 Å². The minimum Gasteiger partial charge on any atom is -0.478 e. The minimum absolute atomic E-state index is 0.166. The molecule has 0 spiro atoms. The minimum atomic E-state index is -1.01. The lowest BCUT2D eigenvalue weighted by atomic mass is 10.1. The first-order chi connectivity index (χ1) is 9.45. The van der Waals surface area contributed by atoms with Crippen molar-refractivity contribution in [1.29, 1.82) is 0 Å². The highest BCUT2D eigenvalue weighted by molar-refractivity contribution is 5.95. The van der Waals surface area contributed by atoms with E-state index < -0.39 is 11.8 Å². The molecule has 0 saturated heterocycles. The fraction of sp³-hybridized carbons (Fsp3) is 0.0667. The van der Waals surface area contributed by atoms with Crippen molar-refractivity contribution in [1.82, 2.24) is 0 Å². The molecule has 0 saturated carbocycles. The van der Waals surface area contributed by atoms with Crippen molar-refractivity contribution in [3.05, 3.63) is 59.4 Å². The average Bonchev–Trinajstić information content (AvgIpc) is 2.38. The highest BCUT2D eigenvalue weighted by Crippen LogP contribution is 2.20. The molecular weight excluding hydrogens is 261 g/mol. The summed E-state index contributed by atoms with van der Waals surface area (Å²) in [4.78, 5) is 22.0. The molecule has 0 bridgehead atoms. The summed E-state index contributed by atoms with van der Waals surface area (Å²) in [6.45, 7) is 1.36. The lowest BCUT2D eigenvalue weighted by molar-refractivity contribution is 0.0696. The fourth-order valence-electron chi connectivity index (χ4n) is 1.73. The number of carbonyl (C=O) groups excluding carboxylic acids is 1. The Morgan fingerprint density at radius 2 is 1.65 bits per heavy atom. The molecular formula is C15H12FNO3. The monoisotopic (exact) mass is 273 g/mol. The number of Topliss-reactive ketones (excluding diaryl/α,β-unsaturated/α-hetero) is 1. The van der Waals surface area contributed by atoms with Crippen LogP contribution in [0.1, 0.15) is 27.6 Å². The highest BCUT2D eigenvalue weighted by Gasteiger charge is 2.06. The van der Waals surface area contributed by atoms with E-state index in [1.807, 2.05) is 0 Å². The number of aromatic carboxylic acids is 1. The van der Waals surface area contributed by atoms with Gasteiger partial charge in [-0.05, 0) is 49.4 Å². The summed E-state index contributed by atoms with van der Waals surface area (Å²) in [5, 5.41) is 11.7. The summed E-state index contributed by atoms with van der Waals surface area (Å²) in [6, 6.07) is 9.99. The molecule has 2 aromatic carbocycles. The Balaban J connectivity index is 2.25. The number of hydrogen-bond acceptors (Lipinski definition) is 3. The second kappa shape index (κ2) is 5.52. The molecule has 102 valence electrons. The van der Waals surface area contributed by atoms with Crippen molar-refractivity contribution in [2.45, 2.75) is 6.92 Å². The summed E-state index contributed by atoms with van der Waals surface area (Å²) < 4.78 is 13.4. The number of ketones is 1. The molecule has 2 aromatic rings. The Bertz CT molecular complexity index is 665. The van der Waals surface area contributed by atoms with Crippen molar-refractivity contribution in [3.63, 3.8) is 0 Å². The van der Waals surface area contributed by atoms with Crippen molar-refractivity contribution >= 4 is 23.1 Å². The van der Waals surface area contributed by atoms with Gasteiger partial charge in [-0.3, -0.25) is 4.79 Å². The van der Waals surface area contributed by atoms with E-state index in [0.717, 1.165) is 0 Å². The summed E-state index contributed by atoms with van der Waals surface area (Å²) >= 11 is 0. The van der Waals surface area contributed by atoms with E-state index in [-0.39, 0.29) is 16.9 Å². The Kier molecular flexibility index (Phi) is 3.79. The number of carbonyl (C=O) groups is 2. The average molecular weight is 273 g/mol. The maximum Gasteiger partial charge on any atom is 0.335 e. The molecule has 5 heteroatoms. The lowest BCUT2D eigenvalue weighted by Gasteiger charge is -2.08. The van der Waals surface area contributed by atoms with E-state index >= 15 is 0 Å². The summed E-state index contributed by atoms with van der Waals surface area (Å²) in [5.74, 6) is -1.75. The number of carboxylic acids is 1. The van der Waals surface area contributed by atoms with Gasteiger partial charge in [0.25, 0.3) is 0 Å². The summed E-state index contributed by atoms with van der Waals surface area (Å²) in [6.07, 6.45) is 0. The zero-order valence-electron chi connectivity index (χ0n) is 10.7. The van der Waals surface area contributed by atoms with E-state index in [9.17, 15) is 14.0 Å². The number of rotatable bonds is 4. The summed E-state index contributed by atoms with van der Waals surface area (Å²) in [5.41, 5.74) is 1.47. The van der Waals surface area contributed by atoms with Crippen LogP contribution in [0.25, 0.3) is 0 Å². The highest BCUT2D eigenvalue weighted by atomic mass is 19.1. The maximum atomic E-state index is 13.4. The summed E-state index contributed by atoms with van der Waals surface area (Å²) in [7, 11) is 0. The first-order valence-electron chi connectivity index (χ1n) is 5.87. The topological polar surface area (TPSA) is 66.4 Å². The first-order valence-corrected chi connectivity index (χ1v) is 5.87. The van der Waals surface area contributed by atoms with Crippen LogP contribution in [0.15, 0.2) is 42.5 Å². The van der Waals surface area contributed by atoms with Crippen LogP contribution in [0.3, 0.4) is 0 Å². The standard InChI is InChI=1S/C15H12FNO3/c1-9(18)11-6-12(16)8-14(7-11)17-13-4-2-10(3-5-13)15(19)20/h2-8,17H,1H3,(H,19,20). The van der Waals surface area contributed by atoms with Crippen LogP contribution in [0.5, 0.6) is 0 Å². The number of hydrogen-bond donors (Lipinski definition) is 2. The molecule has 0 aliphatic heterocycles. The predicted molar refractivity (Wildman–Crippen MR) is 73.1 cm³/mol.